The molecule has 2 rings (SSSR count). The number of methoxy groups -OCH3 is 1. The molecule has 4 heteroatoms. The van der Waals surface area contributed by atoms with Crippen LogP contribution in [0.2, 0.25) is 0 Å². The second-order valence-corrected chi connectivity index (χ2v) is 4.41. The zero-order valence-electron chi connectivity index (χ0n) is 9.82. The molecular formula is C13H14O4. The lowest BCUT2D eigenvalue weighted by Gasteiger charge is -2.12. The zero-order valence-corrected chi connectivity index (χ0v) is 9.82. The van der Waals surface area contributed by atoms with Crippen molar-refractivity contribution < 1.29 is 19.4 Å². The van der Waals surface area contributed by atoms with Crippen LogP contribution in [0.25, 0.3) is 0 Å². The van der Waals surface area contributed by atoms with Crippen molar-refractivity contribution in [2.45, 2.75) is 25.2 Å². The molecule has 1 aliphatic rings. The van der Waals surface area contributed by atoms with Crippen LogP contribution in [-0.2, 0) is 14.9 Å². The first kappa shape index (κ1) is 11.6. The molecule has 1 saturated carbocycles. The van der Waals surface area contributed by atoms with Crippen molar-refractivity contribution in [1.29, 1.82) is 0 Å². The molecular weight excluding hydrogens is 220 g/mol. The van der Waals surface area contributed by atoms with Crippen molar-refractivity contribution in [3.05, 3.63) is 34.9 Å². The van der Waals surface area contributed by atoms with E-state index in [1.54, 1.807) is 25.1 Å². The highest BCUT2D eigenvalue weighted by Crippen LogP contribution is 2.48. The molecule has 0 bridgehead atoms. The van der Waals surface area contributed by atoms with Crippen LogP contribution >= 0.6 is 0 Å². The van der Waals surface area contributed by atoms with Crippen LogP contribution in [0, 0.1) is 6.92 Å². The Bertz CT molecular complexity index is 486. The van der Waals surface area contributed by atoms with Gasteiger partial charge in [0.05, 0.1) is 18.1 Å². The molecule has 0 amide bonds. The highest BCUT2D eigenvalue weighted by atomic mass is 16.5. The van der Waals surface area contributed by atoms with Crippen molar-refractivity contribution >= 4 is 11.9 Å². The van der Waals surface area contributed by atoms with E-state index in [1.807, 2.05) is 0 Å². The summed E-state index contributed by atoms with van der Waals surface area (Å²) in [5.41, 5.74) is 1.29. The minimum atomic E-state index is -0.789. The predicted molar refractivity (Wildman–Crippen MR) is 61.1 cm³/mol. The van der Waals surface area contributed by atoms with Gasteiger partial charge in [-0.05, 0) is 37.0 Å². The summed E-state index contributed by atoms with van der Waals surface area (Å²) in [5.74, 6) is -1.18. The summed E-state index contributed by atoms with van der Waals surface area (Å²) in [6.45, 7) is 1.79. The first-order valence-corrected chi connectivity index (χ1v) is 5.44. The Labute approximate surface area is 99.2 Å². The van der Waals surface area contributed by atoms with Gasteiger partial charge in [-0.25, -0.2) is 4.79 Å². The molecule has 1 fully saturated rings. The van der Waals surface area contributed by atoms with E-state index in [0.29, 0.717) is 18.4 Å². The summed E-state index contributed by atoms with van der Waals surface area (Å²) in [7, 11) is 1.33. The number of hydrogen-bond donors (Lipinski definition) is 1. The number of carbonyl (C=O) groups excluding carboxylic acids is 1. The summed E-state index contributed by atoms with van der Waals surface area (Å²) in [5, 5.41) is 9.18. The van der Waals surface area contributed by atoms with Crippen LogP contribution in [0.5, 0.6) is 0 Å². The molecule has 90 valence electrons. The van der Waals surface area contributed by atoms with Crippen molar-refractivity contribution in [2.75, 3.05) is 7.11 Å². The number of ether oxygens (including phenoxy) is 1. The molecule has 0 aromatic heterocycles. The standard InChI is InChI=1S/C13H14O4/c1-8-7-9(13(5-6-13)12(15)16)3-4-10(8)11(14)17-2/h3-4,7H,5-6H2,1-2H3,(H,15,16). The molecule has 1 aromatic carbocycles. The number of carboxylic acids is 1. The maximum Gasteiger partial charge on any atom is 0.338 e. The number of esters is 1. The number of carboxylic acid groups (broad SMARTS) is 1. The van der Waals surface area contributed by atoms with Crippen molar-refractivity contribution in [2.24, 2.45) is 0 Å². The molecule has 0 atom stereocenters. The van der Waals surface area contributed by atoms with Gasteiger partial charge in [0.25, 0.3) is 0 Å². The van der Waals surface area contributed by atoms with Gasteiger partial charge in [0.1, 0.15) is 0 Å². The maximum atomic E-state index is 11.4. The molecule has 0 spiro atoms. The van der Waals surface area contributed by atoms with Gasteiger partial charge in [0.15, 0.2) is 0 Å². The fourth-order valence-electron chi connectivity index (χ4n) is 2.05. The van der Waals surface area contributed by atoms with Crippen LogP contribution in [-0.4, -0.2) is 24.2 Å². The fraction of sp³-hybridized carbons (Fsp3) is 0.385. The molecule has 17 heavy (non-hydrogen) atoms. The second kappa shape index (κ2) is 3.87. The molecule has 0 aliphatic heterocycles. The average Bonchev–Trinajstić information content (AvgIpc) is 3.09. The zero-order chi connectivity index (χ0) is 12.6. The van der Waals surface area contributed by atoms with E-state index in [1.165, 1.54) is 7.11 Å². The van der Waals surface area contributed by atoms with Gasteiger partial charge in [-0.1, -0.05) is 12.1 Å². The molecule has 1 aromatic rings. The highest BCUT2D eigenvalue weighted by Gasteiger charge is 2.51. The quantitative estimate of drug-likeness (QED) is 0.811. The van der Waals surface area contributed by atoms with Crippen LogP contribution in [0.4, 0.5) is 0 Å². The Morgan fingerprint density at radius 1 is 1.35 bits per heavy atom. The molecule has 4 nitrogen and oxygen atoms in total. The Kier molecular flexibility index (Phi) is 2.65. The largest absolute Gasteiger partial charge is 0.481 e. The SMILES string of the molecule is COC(=O)c1ccc(C2(C(=O)O)CC2)cc1C. The number of aryl methyl sites for hydroxylation is 1. The van der Waals surface area contributed by atoms with Gasteiger partial charge in [0, 0.05) is 0 Å². The lowest BCUT2D eigenvalue weighted by Crippen LogP contribution is -2.20. The predicted octanol–water partition coefficient (Wildman–Crippen LogP) is 1.90. The number of benzene rings is 1. The van der Waals surface area contributed by atoms with E-state index in [2.05, 4.69) is 4.74 Å². The Morgan fingerprint density at radius 3 is 2.41 bits per heavy atom. The van der Waals surface area contributed by atoms with Gasteiger partial charge >= 0.3 is 11.9 Å². The Balaban J connectivity index is 2.38. The summed E-state index contributed by atoms with van der Waals surface area (Å²) in [6.07, 6.45) is 1.33. The summed E-state index contributed by atoms with van der Waals surface area (Å²) >= 11 is 0. The molecule has 1 N–H and O–H groups in total. The maximum absolute atomic E-state index is 11.4. The summed E-state index contributed by atoms with van der Waals surface area (Å²) in [6, 6.07) is 5.12. The van der Waals surface area contributed by atoms with Crippen LogP contribution in [0.3, 0.4) is 0 Å². The number of hydrogen-bond acceptors (Lipinski definition) is 3. The van der Waals surface area contributed by atoms with E-state index in [-0.39, 0.29) is 0 Å². The second-order valence-electron chi connectivity index (χ2n) is 4.41. The van der Waals surface area contributed by atoms with Gasteiger partial charge in [-0.3, -0.25) is 4.79 Å². The fourth-order valence-corrected chi connectivity index (χ4v) is 2.05. The van der Waals surface area contributed by atoms with Crippen LogP contribution in [0.15, 0.2) is 18.2 Å². The van der Waals surface area contributed by atoms with Gasteiger partial charge in [-0.15, -0.1) is 0 Å². The van der Waals surface area contributed by atoms with Crippen LogP contribution < -0.4 is 0 Å². The Hall–Kier alpha value is -1.84. The summed E-state index contributed by atoms with van der Waals surface area (Å²) < 4.78 is 4.65. The van der Waals surface area contributed by atoms with Gasteiger partial charge in [-0.2, -0.15) is 0 Å². The van der Waals surface area contributed by atoms with Gasteiger partial charge < -0.3 is 9.84 Å². The number of carbonyl (C=O) groups is 2. The monoisotopic (exact) mass is 234 g/mol. The van der Waals surface area contributed by atoms with Crippen molar-refractivity contribution in [1.82, 2.24) is 0 Å². The van der Waals surface area contributed by atoms with Crippen molar-refractivity contribution in [3.63, 3.8) is 0 Å². The summed E-state index contributed by atoms with van der Waals surface area (Å²) in [4.78, 5) is 22.6. The van der Waals surface area contributed by atoms with Gasteiger partial charge in [0.2, 0.25) is 0 Å². The van der Waals surface area contributed by atoms with Crippen LogP contribution in [0.1, 0.15) is 34.3 Å². The van der Waals surface area contributed by atoms with E-state index in [9.17, 15) is 14.7 Å². The number of aliphatic carboxylic acids is 1. The lowest BCUT2D eigenvalue weighted by molar-refractivity contribution is -0.140. The molecule has 0 unspecified atom stereocenters. The topological polar surface area (TPSA) is 63.6 Å². The minimum Gasteiger partial charge on any atom is -0.481 e. The van der Waals surface area contributed by atoms with E-state index in [0.717, 1.165) is 11.1 Å². The molecule has 0 heterocycles. The third kappa shape index (κ3) is 1.79. The highest BCUT2D eigenvalue weighted by molar-refractivity contribution is 5.92. The third-order valence-electron chi connectivity index (χ3n) is 3.34. The smallest absolute Gasteiger partial charge is 0.338 e. The lowest BCUT2D eigenvalue weighted by atomic mass is 9.93. The molecule has 0 radical (unpaired) electrons. The number of rotatable bonds is 3. The van der Waals surface area contributed by atoms with E-state index >= 15 is 0 Å². The first-order valence-electron chi connectivity index (χ1n) is 5.44. The van der Waals surface area contributed by atoms with E-state index in [4.69, 9.17) is 0 Å². The third-order valence-corrected chi connectivity index (χ3v) is 3.34. The van der Waals surface area contributed by atoms with Crippen molar-refractivity contribution in [3.8, 4) is 0 Å². The first-order chi connectivity index (χ1) is 8.01. The normalized spacial score (nSPS) is 16.4. The Morgan fingerprint density at radius 2 is 2.00 bits per heavy atom. The molecule has 0 saturated heterocycles. The molecule has 1 aliphatic carbocycles. The average molecular weight is 234 g/mol. The minimum absolute atomic E-state index is 0.394. The van der Waals surface area contributed by atoms with E-state index < -0.39 is 17.4 Å².